The van der Waals surface area contributed by atoms with Gasteiger partial charge in [0.1, 0.15) is 11.8 Å². The van der Waals surface area contributed by atoms with E-state index in [2.05, 4.69) is 5.32 Å². The summed E-state index contributed by atoms with van der Waals surface area (Å²) in [6.07, 6.45) is 0.636. The second-order valence-electron chi connectivity index (χ2n) is 4.70. The highest BCUT2D eigenvalue weighted by Crippen LogP contribution is 2.19. The van der Waals surface area contributed by atoms with E-state index in [9.17, 15) is 14.7 Å². The smallest absolute Gasteiger partial charge is 0.326 e. The van der Waals surface area contributed by atoms with Crippen molar-refractivity contribution in [2.24, 2.45) is 5.92 Å². The molecule has 0 aliphatic carbocycles. The van der Waals surface area contributed by atoms with E-state index in [1.807, 2.05) is 6.92 Å². The molecule has 1 amide bonds. The molecule has 0 radical (unpaired) electrons. The summed E-state index contributed by atoms with van der Waals surface area (Å²) in [5.74, 6) is -1.99. The summed E-state index contributed by atoms with van der Waals surface area (Å²) in [6.45, 7) is 5.41. The van der Waals surface area contributed by atoms with E-state index in [0.29, 0.717) is 6.42 Å². The average molecular weight is 265 g/mol. The van der Waals surface area contributed by atoms with E-state index in [0.717, 1.165) is 5.56 Å². The van der Waals surface area contributed by atoms with Crippen molar-refractivity contribution in [1.82, 2.24) is 5.32 Å². The number of aromatic hydroxyl groups is 1. The van der Waals surface area contributed by atoms with Gasteiger partial charge in [0, 0.05) is 0 Å². The maximum absolute atomic E-state index is 12.0. The molecule has 0 unspecified atom stereocenters. The Bertz CT molecular complexity index is 484. The predicted molar refractivity (Wildman–Crippen MR) is 71.2 cm³/mol. The molecule has 0 spiro atoms. The van der Waals surface area contributed by atoms with Gasteiger partial charge >= 0.3 is 5.97 Å². The van der Waals surface area contributed by atoms with Gasteiger partial charge in [-0.15, -0.1) is 0 Å². The van der Waals surface area contributed by atoms with Crippen molar-refractivity contribution in [3.05, 3.63) is 29.3 Å². The van der Waals surface area contributed by atoms with Gasteiger partial charge in [0.2, 0.25) is 0 Å². The number of nitrogens with one attached hydrogen (secondary N) is 1. The van der Waals surface area contributed by atoms with Crippen molar-refractivity contribution in [3.63, 3.8) is 0 Å². The highest BCUT2D eigenvalue weighted by atomic mass is 16.4. The third-order valence-electron chi connectivity index (χ3n) is 3.16. The Kier molecular flexibility index (Phi) is 4.92. The summed E-state index contributed by atoms with van der Waals surface area (Å²) < 4.78 is 0. The van der Waals surface area contributed by atoms with Crippen molar-refractivity contribution in [2.45, 2.75) is 33.2 Å². The Hall–Kier alpha value is -2.04. The summed E-state index contributed by atoms with van der Waals surface area (Å²) in [6, 6.07) is 3.66. The van der Waals surface area contributed by atoms with E-state index in [1.165, 1.54) is 12.1 Å². The van der Waals surface area contributed by atoms with Crippen LogP contribution in [0.25, 0.3) is 0 Å². The van der Waals surface area contributed by atoms with Crippen molar-refractivity contribution in [2.75, 3.05) is 0 Å². The van der Waals surface area contributed by atoms with Crippen molar-refractivity contribution in [3.8, 4) is 5.75 Å². The molecule has 0 saturated carbocycles. The van der Waals surface area contributed by atoms with Crippen LogP contribution in [0.5, 0.6) is 5.75 Å². The van der Waals surface area contributed by atoms with Gasteiger partial charge in [-0.1, -0.05) is 31.9 Å². The minimum absolute atomic E-state index is 0.0922. The van der Waals surface area contributed by atoms with Crippen molar-refractivity contribution in [1.29, 1.82) is 0 Å². The zero-order chi connectivity index (χ0) is 14.6. The molecular formula is C14H19NO4. The summed E-state index contributed by atoms with van der Waals surface area (Å²) in [5.41, 5.74) is 0.910. The molecule has 1 aromatic rings. The lowest BCUT2D eigenvalue weighted by Crippen LogP contribution is -2.45. The first-order valence-electron chi connectivity index (χ1n) is 6.20. The normalized spacial score (nSPS) is 13.6. The number of rotatable bonds is 5. The average Bonchev–Trinajstić information content (AvgIpc) is 2.37. The summed E-state index contributed by atoms with van der Waals surface area (Å²) in [7, 11) is 0. The lowest BCUT2D eigenvalue weighted by atomic mass is 9.98. The van der Waals surface area contributed by atoms with Crippen LogP contribution in [-0.2, 0) is 4.79 Å². The van der Waals surface area contributed by atoms with Crippen LogP contribution in [0.3, 0.4) is 0 Å². The van der Waals surface area contributed by atoms with E-state index < -0.39 is 17.9 Å². The topological polar surface area (TPSA) is 86.6 Å². The van der Waals surface area contributed by atoms with Gasteiger partial charge in [0.25, 0.3) is 5.91 Å². The van der Waals surface area contributed by atoms with Crippen LogP contribution in [0.2, 0.25) is 0 Å². The number of aliphatic carboxylic acids is 1. The largest absolute Gasteiger partial charge is 0.507 e. The van der Waals surface area contributed by atoms with E-state index in [1.54, 1.807) is 19.9 Å². The third-order valence-corrected chi connectivity index (χ3v) is 3.16. The van der Waals surface area contributed by atoms with E-state index in [-0.39, 0.29) is 17.2 Å². The van der Waals surface area contributed by atoms with Crippen LogP contribution in [0.4, 0.5) is 0 Å². The number of carboxylic acid groups (broad SMARTS) is 1. The fourth-order valence-corrected chi connectivity index (χ4v) is 1.73. The van der Waals surface area contributed by atoms with Gasteiger partial charge in [0.15, 0.2) is 0 Å². The Morgan fingerprint density at radius 1 is 1.37 bits per heavy atom. The van der Waals surface area contributed by atoms with E-state index >= 15 is 0 Å². The van der Waals surface area contributed by atoms with Gasteiger partial charge in [0.05, 0.1) is 5.56 Å². The SMILES string of the molecule is CC[C@H](C)[C@H](NC(=O)c1cc(C)ccc1O)C(=O)O. The second-order valence-corrected chi connectivity index (χ2v) is 4.70. The Morgan fingerprint density at radius 3 is 2.53 bits per heavy atom. The molecule has 2 atom stereocenters. The predicted octanol–water partition coefficient (Wildman–Crippen LogP) is 1.93. The number of benzene rings is 1. The molecule has 19 heavy (non-hydrogen) atoms. The maximum atomic E-state index is 12.0. The molecule has 1 rings (SSSR count). The minimum atomic E-state index is -1.07. The number of phenolic OH excluding ortho intramolecular Hbond substituents is 1. The van der Waals surface area contributed by atoms with Crippen LogP contribution in [0.15, 0.2) is 18.2 Å². The fourth-order valence-electron chi connectivity index (χ4n) is 1.73. The molecular weight excluding hydrogens is 246 g/mol. The van der Waals surface area contributed by atoms with Gasteiger partial charge in [-0.2, -0.15) is 0 Å². The quantitative estimate of drug-likeness (QED) is 0.759. The molecule has 0 bridgehead atoms. The zero-order valence-electron chi connectivity index (χ0n) is 11.3. The Labute approximate surface area is 112 Å². The van der Waals surface area contributed by atoms with Gasteiger partial charge in [-0.3, -0.25) is 4.79 Å². The monoisotopic (exact) mass is 265 g/mol. The van der Waals surface area contributed by atoms with Crippen LogP contribution in [0.1, 0.15) is 36.2 Å². The van der Waals surface area contributed by atoms with Crippen LogP contribution in [0, 0.1) is 12.8 Å². The molecule has 0 aliphatic heterocycles. The Morgan fingerprint density at radius 2 is 2.00 bits per heavy atom. The third kappa shape index (κ3) is 3.71. The van der Waals surface area contributed by atoms with Crippen LogP contribution in [-0.4, -0.2) is 28.1 Å². The Balaban J connectivity index is 2.94. The highest BCUT2D eigenvalue weighted by Gasteiger charge is 2.26. The second kappa shape index (κ2) is 6.22. The molecule has 0 aliphatic rings. The molecule has 104 valence electrons. The first kappa shape index (κ1) is 15.0. The lowest BCUT2D eigenvalue weighted by molar-refractivity contribution is -0.140. The molecule has 0 saturated heterocycles. The summed E-state index contributed by atoms with van der Waals surface area (Å²) in [5, 5.41) is 21.2. The maximum Gasteiger partial charge on any atom is 0.326 e. The van der Waals surface area contributed by atoms with Crippen LogP contribution < -0.4 is 5.32 Å². The fraction of sp³-hybridized carbons (Fsp3) is 0.429. The molecule has 1 aromatic carbocycles. The number of carbonyl (C=O) groups is 2. The molecule has 3 N–H and O–H groups in total. The summed E-state index contributed by atoms with van der Waals surface area (Å²) >= 11 is 0. The molecule has 5 nitrogen and oxygen atoms in total. The van der Waals surface area contributed by atoms with Gasteiger partial charge < -0.3 is 15.5 Å². The number of amides is 1. The van der Waals surface area contributed by atoms with Crippen molar-refractivity contribution < 1.29 is 19.8 Å². The highest BCUT2D eigenvalue weighted by molar-refractivity contribution is 5.99. The number of hydrogen-bond acceptors (Lipinski definition) is 3. The van der Waals surface area contributed by atoms with Gasteiger partial charge in [-0.25, -0.2) is 4.79 Å². The van der Waals surface area contributed by atoms with Crippen LogP contribution >= 0.6 is 0 Å². The van der Waals surface area contributed by atoms with E-state index in [4.69, 9.17) is 5.11 Å². The molecule has 0 heterocycles. The first-order valence-corrected chi connectivity index (χ1v) is 6.20. The summed E-state index contributed by atoms with van der Waals surface area (Å²) in [4.78, 5) is 23.2. The standard InChI is InChI=1S/C14H19NO4/c1-4-9(3)12(14(18)19)15-13(17)10-7-8(2)5-6-11(10)16/h5-7,9,12,16H,4H2,1-3H3,(H,15,17)(H,18,19)/t9-,12-/m0/s1. The number of carbonyl (C=O) groups excluding carboxylic acids is 1. The number of hydrogen-bond donors (Lipinski definition) is 3. The molecule has 0 fully saturated rings. The first-order chi connectivity index (χ1) is 8.86. The van der Waals surface area contributed by atoms with Gasteiger partial charge in [-0.05, 0) is 25.0 Å². The molecule has 0 aromatic heterocycles. The molecule has 5 heteroatoms. The number of phenols is 1. The number of carboxylic acids is 1. The minimum Gasteiger partial charge on any atom is -0.507 e. The zero-order valence-corrected chi connectivity index (χ0v) is 11.3. The number of aryl methyl sites for hydroxylation is 1. The van der Waals surface area contributed by atoms with Crippen molar-refractivity contribution >= 4 is 11.9 Å². The lowest BCUT2D eigenvalue weighted by Gasteiger charge is -2.20.